The Kier molecular flexibility index (Phi) is 9.21. The van der Waals surface area contributed by atoms with Crippen molar-refractivity contribution in [3.8, 4) is 0 Å². The molecule has 1 fully saturated rings. The minimum atomic E-state index is 0.560. The molecule has 1 N–H and O–H groups in total. The zero-order valence-electron chi connectivity index (χ0n) is 11.5. The van der Waals surface area contributed by atoms with Crippen LogP contribution < -0.4 is 5.32 Å². The molecule has 0 spiro atoms. The Balaban J connectivity index is 1.80. The largest absolute Gasteiger partial charge is 0.377 e. The fourth-order valence-electron chi connectivity index (χ4n) is 2.14. The summed E-state index contributed by atoms with van der Waals surface area (Å²) in [6, 6.07) is 0.693. The standard InChI is InChI=1S/C14H29NOS/c1-3-9-15-13(2)7-4-5-11-17-12-14-8-6-10-16-14/h13-15H,3-12H2,1-2H3. The van der Waals surface area contributed by atoms with E-state index < -0.39 is 0 Å². The molecule has 3 heteroatoms. The van der Waals surface area contributed by atoms with Gasteiger partial charge < -0.3 is 10.1 Å². The highest BCUT2D eigenvalue weighted by Gasteiger charge is 2.14. The van der Waals surface area contributed by atoms with Crippen molar-refractivity contribution in [1.29, 1.82) is 0 Å². The highest BCUT2D eigenvalue weighted by molar-refractivity contribution is 7.99. The normalized spacial score (nSPS) is 21.9. The molecule has 0 aromatic carbocycles. The molecule has 1 aliphatic heterocycles. The van der Waals surface area contributed by atoms with Gasteiger partial charge in [-0.2, -0.15) is 11.8 Å². The van der Waals surface area contributed by atoms with Crippen LogP contribution in [-0.2, 0) is 4.74 Å². The summed E-state index contributed by atoms with van der Waals surface area (Å²) in [7, 11) is 0. The van der Waals surface area contributed by atoms with Crippen LogP contribution in [0.25, 0.3) is 0 Å². The van der Waals surface area contributed by atoms with Crippen molar-refractivity contribution in [1.82, 2.24) is 5.32 Å². The van der Waals surface area contributed by atoms with Gasteiger partial charge in [0.1, 0.15) is 0 Å². The van der Waals surface area contributed by atoms with Gasteiger partial charge in [0.2, 0.25) is 0 Å². The SMILES string of the molecule is CCCNC(C)CCCCSCC1CCCO1. The zero-order valence-corrected chi connectivity index (χ0v) is 12.4. The molecule has 0 radical (unpaired) electrons. The zero-order chi connectivity index (χ0) is 12.3. The summed E-state index contributed by atoms with van der Waals surface area (Å²) in [6.45, 7) is 6.68. The fourth-order valence-corrected chi connectivity index (χ4v) is 3.24. The first kappa shape index (κ1) is 15.3. The Labute approximate surface area is 111 Å². The summed E-state index contributed by atoms with van der Waals surface area (Å²) in [4.78, 5) is 0. The average Bonchev–Trinajstić information content (AvgIpc) is 2.84. The molecular weight excluding hydrogens is 230 g/mol. The van der Waals surface area contributed by atoms with Gasteiger partial charge in [-0.25, -0.2) is 0 Å². The van der Waals surface area contributed by atoms with Gasteiger partial charge in [-0.15, -0.1) is 0 Å². The van der Waals surface area contributed by atoms with Gasteiger partial charge in [-0.1, -0.05) is 13.3 Å². The second kappa shape index (κ2) is 10.2. The van der Waals surface area contributed by atoms with E-state index in [0.29, 0.717) is 12.1 Å². The minimum absolute atomic E-state index is 0.560. The molecular formula is C14H29NOS. The van der Waals surface area contributed by atoms with Crippen molar-refractivity contribution in [3.63, 3.8) is 0 Å². The first-order valence-corrected chi connectivity index (χ1v) is 8.41. The number of unbranched alkanes of at least 4 members (excludes halogenated alkanes) is 1. The molecule has 2 nitrogen and oxygen atoms in total. The van der Waals surface area contributed by atoms with Crippen LogP contribution in [0, 0.1) is 0 Å². The molecule has 0 saturated carbocycles. The number of rotatable bonds is 10. The summed E-state index contributed by atoms with van der Waals surface area (Å²) in [5.74, 6) is 2.52. The van der Waals surface area contributed by atoms with Crippen LogP contribution in [0.15, 0.2) is 0 Å². The van der Waals surface area contributed by atoms with Gasteiger partial charge in [0.15, 0.2) is 0 Å². The van der Waals surface area contributed by atoms with Crippen LogP contribution in [0.2, 0.25) is 0 Å². The lowest BCUT2D eigenvalue weighted by atomic mass is 10.1. The van der Waals surface area contributed by atoms with Crippen LogP contribution in [0.5, 0.6) is 0 Å². The molecule has 1 rings (SSSR count). The van der Waals surface area contributed by atoms with Crippen molar-refractivity contribution in [3.05, 3.63) is 0 Å². The summed E-state index contributed by atoms with van der Waals surface area (Å²) >= 11 is 2.07. The van der Waals surface area contributed by atoms with Crippen molar-refractivity contribution in [2.45, 2.75) is 64.5 Å². The van der Waals surface area contributed by atoms with E-state index in [2.05, 4.69) is 30.9 Å². The Morgan fingerprint density at radius 2 is 2.29 bits per heavy atom. The molecule has 0 aromatic heterocycles. The number of nitrogens with one attached hydrogen (secondary N) is 1. The Bertz CT molecular complexity index is 172. The lowest BCUT2D eigenvalue weighted by Gasteiger charge is -2.13. The molecule has 2 atom stereocenters. The molecule has 1 saturated heterocycles. The van der Waals surface area contributed by atoms with Crippen molar-refractivity contribution in [2.75, 3.05) is 24.7 Å². The van der Waals surface area contributed by atoms with E-state index in [4.69, 9.17) is 4.74 Å². The Hall–Kier alpha value is 0.270. The third-order valence-corrected chi connectivity index (χ3v) is 4.43. The van der Waals surface area contributed by atoms with Crippen LogP contribution in [0.3, 0.4) is 0 Å². The third-order valence-electron chi connectivity index (χ3n) is 3.25. The first-order chi connectivity index (χ1) is 8.33. The van der Waals surface area contributed by atoms with Gasteiger partial charge in [-0.3, -0.25) is 0 Å². The molecule has 2 unspecified atom stereocenters. The summed E-state index contributed by atoms with van der Waals surface area (Å²) in [5, 5.41) is 3.54. The maximum absolute atomic E-state index is 5.61. The van der Waals surface area contributed by atoms with Crippen molar-refractivity contribution >= 4 is 11.8 Å². The van der Waals surface area contributed by atoms with E-state index in [1.807, 2.05) is 0 Å². The summed E-state index contributed by atoms with van der Waals surface area (Å²) in [5.41, 5.74) is 0. The monoisotopic (exact) mass is 259 g/mol. The average molecular weight is 259 g/mol. The second-order valence-corrected chi connectivity index (χ2v) is 6.21. The minimum Gasteiger partial charge on any atom is -0.377 e. The topological polar surface area (TPSA) is 21.3 Å². The van der Waals surface area contributed by atoms with E-state index >= 15 is 0 Å². The lowest BCUT2D eigenvalue weighted by molar-refractivity contribution is 0.129. The molecule has 0 aliphatic carbocycles. The van der Waals surface area contributed by atoms with Crippen molar-refractivity contribution in [2.24, 2.45) is 0 Å². The maximum Gasteiger partial charge on any atom is 0.0666 e. The smallest absolute Gasteiger partial charge is 0.0666 e. The Morgan fingerprint density at radius 3 is 3.00 bits per heavy atom. The highest BCUT2D eigenvalue weighted by Crippen LogP contribution is 2.18. The van der Waals surface area contributed by atoms with Crippen molar-refractivity contribution < 1.29 is 4.74 Å². The Morgan fingerprint density at radius 1 is 1.41 bits per heavy atom. The van der Waals surface area contributed by atoms with Gasteiger partial charge in [0, 0.05) is 18.4 Å². The summed E-state index contributed by atoms with van der Waals surface area (Å²) in [6.07, 6.45) is 8.38. The molecule has 0 amide bonds. The predicted molar refractivity (Wildman–Crippen MR) is 77.9 cm³/mol. The maximum atomic E-state index is 5.61. The van der Waals surface area contributed by atoms with Crippen LogP contribution >= 0.6 is 11.8 Å². The van der Waals surface area contributed by atoms with Gasteiger partial charge in [0.05, 0.1) is 6.10 Å². The van der Waals surface area contributed by atoms with Gasteiger partial charge >= 0.3 is 0 Å². The number of hydrogen-bond donors (Lipinski definition) is 1. The molecule has 0 aromatic rings. The number of thioether (sulfide) groups is 1. The predicted octanol–water partition coefficient (Wildman–Crippen LogP) is 3.46. The second-order valence-electron chi connectivity index (χ2n) is 5.06. The molecule has 17 heavy (non-hydrogen) atoms. The van der Waals surface area contributed by atoms with E-state index in [1.54, 1.807) is 0 Å². The quantitative estimate of drug-likeness (QED) is 0.607. The van der Waals surface area contributed by atoms with Crippen LogP contribution in [-0.4, -0.2) is 36.8 Å². The lowest BCUT2D eigenvalue weighted by Crippen LogP contribution is -2.26. The van der Waals surface area contributed by atoms with E-state index in [-0.39, 0.29) is 0 Å². The van der Waals surface area contributed by atoms with Crippen LogP contribution in [0.1, 0.15) is 52.4 Å². The van der Waals surface area contributed by atoms with Crippen LogP contribution in [0.4, 0.5) is 0 Å². The first-order valence-electron chi connectivity index (χ1n) is 7.25. The molecule has 1 aliphatic rings. The fraction of sp³-hybridized carbons (Fsp3) is 1.00. The molecule has 102 valence electrons. The molecule has 0 bridgehead atoms. The van der Waals surface area contributed by atoms with E-state index in [9.17, 15) is 0 Å². The van der Waals surface area contributed by atoms with E-state index in [0.717, 1.165) is 13.2 Å². The number of ether oxygens (including phenoxy) is 1. The number of hydrogen-bond acceptors (Lipinski definition) is 3. The molecule has 1 heterocycles. The third kappa shape index (κ3) is 8.06. The van der Waals surface area contributed by atoms with Gasteiger partial charge in [-0.05, 0) is 51.3 Å². The van der Waals surface area contributed by atoms with Gasteiger partial charge in [0.25, 0.3) is 0 Å². The summed E-state index contributed by atoms with van der Waals surface area (Å²) < 4.78 is 5.61. The highest BCUT2D eigenvalue weighted by atomic mass is 32.2. The van der Waals surface area contributed by atoms with E-state index in [1.165, 1.54) is 50.0 Å².